The fourth-order valence-corrected chi connectivity index (χ4v) is 1.86. The van der Waals surface area contributed by atoms with Crippen molar-refractivity contribution in [2.45, 2.75) is 27.2 Å². The predicted molar refractivity (Wildman–Crippen MR) is 83.2 cm³/mol. The van der Waals surface area contributed by atoms with Crippen LogP contribution in [0.4, 0.5) is 11.9 Å². The molecule has 2 rings (SSSR count). The summed E-state index contributed by atoms with van der Waals surface area (Å²) in [5, 5.41) is 3.21. The molecule has 2 heterocycles. The Labute approximate surface area is 124 Å². The van der Waals surface area contributed by atoms with Crippen LogP contribution in [0.25, 0.3) is 11.5 Å². The first kappa shape index (κ1) is 15.1. The van der Waals surface area contributed by atoms with Crippen LogP contribution in [0.15, 0.2) is 18.6 Å². The average molecular weight is 287 g/mol. The Balaban J connectivity index is 2.41. The Morgan fingerprint density at radius 1 is 1.05 bits per heavy atom. The van der Waals surface area contributed by atoms with Gasteiger partial charge in [0, 0.05) is 32.0 Å². The van der Waals surface area contributed by atoms with Crippen LogP contribution < -0.4 is 10.2 Å². The molecule has 1 N–H and O–H groups in total. The molecule has 0 unspecified atom stereocenters. The van der Waals surface area contributed by atoms with Crippen molar-refractivity contribution in [2.75, 3.05) is 29.9 Å². The lowest BCUT2D eigenvalue weighted by atomic mass is 10.4. The van der Waals surface area contributed by atoms with Gasteiger partial charge in [0.05, 0.1) is 6.20 Å². The second-order valence-corrected chi connectivity index (χ2v) is 4.47. The lowest BCUT2D eigenvalue weighted by Crippen LogP contribution is -2.25. The molecule has 0 fully saturated rings. The van der Waals surface area contributed by atoms with Crippen LogP contribution in [0, 0.1) is 0 Å². The van der Waals surface area contributed by atoms with Crippen LogP contribution in [0.3, 0.4) is 0 Å². The molecule has 0 aliphatic heterocycles. The van der Waals surface area contributed by atoms with Gasteiger partial charge < -0.3 is 10.2 Å². The topological polar surface area (TPSA) is 79.7 Å². The van der Waals surface area contributed by atoms with E-state index in [1.165, 1.54) is 0 Å². The van der Waals surface area contributed by atoms with E-state index in [1.54, 1.807) is 18.6 Å². The molecule has 7 nitrogen and oxygen atoms in total. The van der Waals surface area contributed by atoms with Crippen molar-refractivity contribution in [2.24, 2.45) is 0 Å². The summed E-state index contributed by atoms with van der Waals surface area (Å²) >= 11 is 0. The predicted octanol–water partition coefficient (Wildman–Crippen LogP) is 2.00. The van der Waals surface area contributed by atoms with Gasteiger partial charge in [0.2, 0.25) is 11.9 Å². The zero-order chi connectivity index (χ0) is 15.1. The van der Waals surface area contributed by atoms with Gasteiger partial charge in [-0.25, -0.2) is 4.98 Å². The summed E-state index contributed by atoms with van der Waals surface area (Å²) in [7, 11) is 0. The Hall–Kier alpha value is -2.31. The number of hydrogen-bond donors (Lipinski definition) is 1. The summed E-state index contributed by atoms with van der Waals surface area (Å²) in [5.41, 5.74) is 0.646. The van der Waals surface area contributed by atoms with Crippen LogP contribution in [-0.2, 0) is 0 Å². The Morgan fingerprint density at radius 2 is 1.86 bits per heavy atom. The zero-order valence-corrected chi connectivity index (χ0v) is 12.7. The van der Waals surface area contributed by atoms with Gasteiger partial charge in [-0.3, -0.25) is 4.98 Å². The molecule has 0 saturated heterocycles. The summed E-state index contributed by atoms with van der Waals surface area (Å²) in [6.07, 6.45) is 5.93. The van der Waals surface area contributed by atoms with Crippen molar-refractivity contribution in [1.29, 1.82) is 0 Å². The fourth-order valence-electron chi connectivity index (χ4n) is 1.86. The van der Waals surface area contributed by atoms with Crippen molar-refractivity contribution in [3.05, 3.63) is 18.6 Å². The smallest absolute Gasteiger partial charge is 0.230 e. The van der Waals surface area contributed by atoms with Crippen LogP contribution in [0.5, 0.6) is 0 Å². The molecule has 112 valence electrons. The van der Waals surface area contributed by atoms with Gasteiger partial charge in [-0.15, -0.1) is 0 Å². The second kappa shape index (κ2) is 7.47. The molecule has 7 heteroatoms. The highest BCUT2D eigenvalue weighted by Gasteiger charge is 2.13. The minimum Gasteiger partial charge on any atom is -0.354 e. The van der Waals surface area contributed by atoms with Gasteiger partial charge in [-0.1, -0.05) is 6.92 Å². The molecular formula is C14H21N7. The van der Waals surface area contributed by atoms with E-state index in [1.807, 2.05) is 0 Å². The third-order valence-electron chi connectivity index (χ3n) is 3.00. The van der Waals surface area contributed by atoms with Gasteiger partial charge in [0.25, 0.3) is 0 Å². The Kier molecular flexibility index (Phi) is 5.36. The molecule has 21 heavy (non-hydrogen) atoms. The highest BCUT2D eigenvalue weighted by molar-refractivity contribution is 5.52. The SMILES string of the molecule is CCCNc1nc(-c2cnccn2)nc(N(CC)CC)n1. The summed E-state index contributed by atoms with van der Waals surface area (Å²) in [6.45, 7) is 8.76. The summed E-state index contributed by atoms with van der Waals surface area (Å²) in [5.74, 6) is 1.78. The van der Waals surface area contributed by atoms with E-state index in [9.17, 15) is 0 Å². The van der Waals surface area contributed by atoms with Crippen molar-refractivity contribution >= 4 is 11.9 Å². The molecule has 2 aromatic heterocycles. The molecule has 0 amide bonds. The van der Waals surface area contributed by atoms with E-state index < -0.39 is 0 Å². The van der Waals surface area contributed by atoms with Gasteiger partial charge in [-0.05, 0) is 20.3 Å². The van der Waals surface area contributed by atoms with Gasteiger partial charge in [0.15, 0.2) is 5.82 Å². The van der Waals surface area contributed by atoms with E-state index >= 15 is 0 Å². The number of nitrogens with zero attached hydrogens (tertiary/aromatic N) is 6. The number of anilines is 2. The molecule has 0 aliphatic rings. The van der Waals surface area contributed by atoms with E-state index in [-0.39, 0.29) is 0 Å². The number of hydrogen-bond acceptors (Lipinski definition) is 7. The number of rotatable bonds is 7. The fraction of sp³-hybridized carbons (Fsp3) is 0.500. The second-order valence-electron chi connectivity index (χ2n) is 4.47. The summed E-state index contributed by atoms with van der Waals surface area (Å²) in [6, 6.07) is 0. The highest BCUT2D eigenvalue weighted by Crippen LogP contribution is 2.17. The number of aromatic nitrogens is 5. The van der Waals surface area contributed by atoms with Crippen LogP contribution >= 0.6 is 0 Å². The molecular weight excluding hydrogens is 266 g/mol. The lowest BCUT2D eigenvalue weighted by molar-refractivity contribution is 0.810. The highest BCUT2D eigenvalue weighted by atomic mass is 15.3. The van der Waals surface area contributed by atoms with E-state index in [0.717, 1.165) is 26.1 Å². The number of nitrogens with one attached hydrogen (secondary N) is 1. The van der Waals surface area contributed by atoms with Crippen molar-refractivity contribution < 1.29 is 0 Å². The Bertz CT molecular complexity index is 555. The van der Waals surface area contributed by atoms with Crippen molar-refractivity contribution in [3.63, 3.8) is 0 Å². The maximum atomic E-state index is 4.51. The van der Waals surface area contributed by atoms with Crippen LogP contribution in [0.1, 0.15) is 27.2 Å². The standard InChI is InChI=1S/C14H21N7/c1-4-7-17-13-18-12(11-10-15-8-9-16-11)19-14(20-13)21(5-2)6-3/h8-10H,4-7H2,1-3H3,(H,17,18,19,20). The van der Waals surface area contributed by atoms with Gasteiger partial charge in [-0.2, -0.15) is 15.0 Å². The van der Waals surface area contributed by atoms with Crippen molar-refractivity contribution in [1.82, 2.24) is 24.9 Å². The van der Waals surface area contributed by atoms with Crippen LogP contribution in [0.2, 0.25) is 0 Å². The van der Waals surface area contributed by atoms with E-state index in [4.69, 9.17) is 0 Å². The normalized spacial score (nSPS) is 10.4. The summed E-state index contributed by atoms with van der Waals surface area (Å²) in [4.78, 5) is 23.8. The average Bonchev–Trinajstić information content (AvgIpc) is 2.55. The molecule has 0 saturated carbocycles. The molecule has 2 aromatic rings. The molecule has 0 spiro atoms. The zero-order valence-electron chi connectivity index (χ0n) is 12.7. The third-order valence-corrected chi connectivity index (χ3v) is 3.00. The van der Waals surface area contributed by atoms with E-state index in [0.29, 0.717) is 23.4 Å². The monoisotopic (exact) mass is 287 g/mol. The maximum absolute atomic E-state index is 4.51. The quantitative estimate of drug-likeness (QED) is 0.834. The molecule has 0 radical (unpaired) electrons. The minimum atomic E-state index is 0.540. The largest absolute Gasteiger partial charge is 0.354 e. The van der Waals surface area contributed by atoms with E-state index in [2.05, 4.69) is 55.9 Å². The molecule has 0 bridgehead atoms. The first-order valence-electron chi connectivity index (χ1n) is 7.29. The Morgan fingerprint density at radius 3 is 2.48 bits per heavy atom. The van der Waals surface area contributed by atoms with Crippen LogP contribution in [-0.4, -0.2) is 44.6 Å². The van der Waals surface area contributed by atoms with Gasteiger partial charge in [0.1, 0.15) is 5.69 Å². The molecule has 0 aromatic carbocycles. The van der Waals surface area contributed by atoms with Crippen molar-refractivity contribution in [3.8, 4) is 11.5 Å². The first-order valence-corrected chi connectivity index (χ1v) is 7.29. The maximum Gasteiger partial charge on any atom is 0.230 e. The molecule has 0 aliphatic carbocycles. The van der Waals surface area contributed by atoms with Gasteiger partial charge >= 0.3 is 0 Å². The first-order chi connectivity index (χ1) is 10.3. The minimum absolute atomic E-state index is 0.540. The summed E-state index contributed by atoms with van der Waals surface area (Å²) < 4.78 is 0. The molecule has 0 atom stereocenters. The lowest BCUT2D eigenvalue weighted by Gasteiger charge is -2.19. The third kappa shape index (κ3) is 3.84.